The van der Waals surface area contributed by atoms with Crippen LogP contribution in [-0.4, -0.2) is 31.7 Å². The van der Waals surface area contributed by atoms with Gasteiger partial charge >= 0.3 is 5.91 Å². The molecule has 4 rings (SSSR count). The third-order valence-corrected chi connectivity index (χ3v) is 9.69. The highest BCUT2D eigenvalue weighted by Crippen LogP contribution is 2.30. The van der Waals surface area contributed by atoms with Gasteiger partial charge in [-0.2, -0.15) is 4.31 Å². The van der Waals surface area contributed by atoms with E-state index in [1.54, 1.807) is 40.7 Å². The molecule has 182 valence electrons. The summed E-state index contributed by atoms with van der Waals surface area (Å²) in [7, 11) is -3.52. The van der Waals surface area contributed by atoms with Crippen molar-refractivity contribution in [3.63, 3.8) is 0 Å². The van der Waals surface area contributed by atoms with Crippen LogP contribution in [0.15, 0.2) is 81.2 Å². The Balaban J connectivity index is 1.28. The first-order valence-electron chi connectivity index (χ1n) is 11.4. The number of hydrogen-bond donors (Lipinski definition) is 0. The maximum atomic E-state index is 13.1. The number of hydrogen-bond acceptors (Lipinski definition) is 5. The van der Waals surface area contributed by atoms with Crippen molar-refractivity contribution in [3.05, 3.63) is 87.8 Å². The van der Waals surface area contributed by atoms with Gasteiger partial charge in [0.1, 0.15) is 9.32 Å². The number of aryl methyl sites for hydroxylation is 1. The summed E-state index contributed by atoms with van der Waals surface area (Å²) in [6, 6.07) is 20.1. The van der Waals surface area contributed by atoms with E-state index < -0.39 is 15.9 Å². The normalized spacial score (nSPS) is 14.9. The molecule has 0 unspecified atom stereocenters. The van der Waals surface area contributed by atoms with Crippen molar-refractivity contribution in [1.29, 1.82) is 0 Å². The van der Waals surface area contributed by atoms with Gasteiger partial charge in [0.2, 0.25) is 10.0 Å². The molecule has 1 amide bonds. The van der Waals surface area contributed by atoms with Gasteiger partial charge in [0.15, 0.2) is 6.54 Å². The highest BCUT2D eigenvalue weighted by atomic mass is 35.5. The lowest BCUT2D eigenvalue weighted by Gasteiger charge is -2.30. The molecule has 0 radical (unpaired) electrons. The van der Waals surface area contributed by atoms with Gasteiger partial charge in [-0.15, -0.1) is 11.3 Å². The third-order valence-electron chi connectivity index (χ3n) is 6.01. The molecule has 0 bridgehead atoms. The monoisotopic (exact) mass is 529 g/mol. The number of rotatable bonds is 8. The summed E-state index contributed by atoms with van der Waals surface area (Å²) in [5.74, 6) is 0.0207. The Bertz CT molecular complexity index is 1310. The zero-order valence-electron chi connectivity index (χ0n) is 19.1. The van der Waals surface area contributed by atoms with Crippen molar-refractivity contribution >= 4 is 38.9 Å². The Morgan fingerprint density at radius 2 is 1.74 bits per heavy atom. The first kappa shape index (κ1) is 25.4. The van der Waals surface area contributed by atoms with Crippen molar-refractivity contribution in [3.8, 4) is 0 Å². The maximum absolute atomic E-state index is 13.1. The number of nitrogens with zero attached hydrogens (tertiary/aromatic N) is 4. The van der Waals surface area contributed by atoms with Crippen LogP contribution in [0.3, 0.4) is 0 Å². The molecule has 0 spiro atoms. The van der Waals surface area contributed by atoms with E-state index in [9.17, 15) is 13.2 Å². The van der Waals surface area contributed by atoms with Gasteiger partial charge in [-0.1, -0.05) is 41.9 Å². The van der Waals surface area contributed by atoms with Crippen molar-refractivity contribution in [1.82, 2.24) is 9.22 Å². The molecule has 1 saturated heterocycles. The van der Waals surface area contributed by atoms with Gasteiger partial charge < -0.3 is 0 Å². The molecule has 1 aliphatic rings. The van der Waals surface area contributed by atoms with Crippen molar-refractivity contribution in [2.24, 2.45) is 16.1 Å². The van der Waals surface area contributed by atoms with E-state index >= 15 is 0 Å². The van der Waals surface area contributed by atoms with E-state index in [0.717, 1.165) is 30.6 Å². The second kappa shape index (κ2) is 11.8. The van der Waals surface area contributed by atoms with E-state index in [1.807, 2.05) is 6.07 Å². The third kappa shape index (κ3) is 6.93. The second-order valence-electron chi connectivity index (χ2n) is 8.39. The van der Waals surface area contributed by atoms with Crippen LogP contribution in [0.1, 0.15) is 40.1 Å². The first-order chi connectivity index (χ1) is 16.9. The largest absolute Gasteiger partial charge is 0.360 e. The standard InChI is InChI=1S/C25H26ClN4O3S2/c26-22-10-8-21(9-11-22)25(31)28-29-27-18-23-12-13-24(34-23)35(32,33)30-16-14-20(15-17-30)7-6-19-4-2-1-3-5-19/h1-5,8-13,20H,6-7,14-18H2/q+1. The van der Waals surface area contributed by atoms with E-state index in [4.69, 9.17) is 11.6 Å². The van der Waals surface area contributed by atoms with Crippen LogP contribution >= 0.6 is 22.9 Å². The van der Waals surface area contributed by atoms with Gasteiger partial charge in [-0.05, 0) is 73.6 Å². The quantitative estimate of drug-likeness (QED) is 0.275. The summed E-state index contributed by atoms with van der Waals surface area (Å²) in [5, 5.41) is 7.99. The average Bonchev–Trinajstić information content (AvgIpc) is 3.36. The number of benzene rings is 2. The fourth-order valence-electron chi connectivity index (χ4n) is 3.99. The molecule has 0 atom stereocenters. The lowest BCUT2D eigenvalue weighted by Crippen LogP contribution is -2.38. The van der Waals surface area contributed by atoms with Crippen molar-refractivity contribution in [2.75, 3.05) is 13.1 Å². The molecule has 10 heteroatoms. The Kier molecular flexibility index (Phi) is 8.59. The number of thiophene rings is 1. The topological polar surface area (TPSA) is 93.3 Å². The Labute approximate surface area is 214 Å². The molecule has 0 N–H and O–H groups in total. The number of amides is 1. The van der Waals surface area contributed by atoms with Crippen LogP contribution in [0, 0.1) is 5.92 Å². The molecular formula is C25H26ClN4O3S2+. The number of sulfonamides is 1. The van der Waals surface area contributed by atoms with Gasteiger partial charge in [-0.25, -0.2) is 8.42 Å². The van der Waals surface area contributed by atoms with Gasteiger partial charge in [-0.3, -0.25) is 4.79 Å². The summed E-state index contributed by atoms with van der Waals surface area (Å²) in [6.07, 6.45) is 3.86. The number of carbonyl (C=O) groups is 1. The van der Waals surface area contributed by atoms with Crippen LogP contribution < -0.4 is 4.91 Å². The van der Waals surface area contributed by atoms with Crippen LogP contribution in [0.2, 0.25) is 5.02 Å². The lowest BCUT2D eigenvalue weighted by molar-refractivity contribution is 0.0992. The molecule has 1 fully saturated rings. The Morgan fingerprint density at radius 1 is 1.03 bits per heavy atom. The molecule has 0 saturated carbocycles. The minimum atomic E-state index is -3.52. The smallest absolute Gasteiger partial charge is 0.259 e. The highest BCUT2D eigenvalue weighted by Gasteiger charge is 2.30. The summed E-state index contributed by atoms with van der Waals surface area (Å²) in [6.45, 7) is 1.24. The molecule has 3 aromatic rings. The molecule has 7 nitrogen and oxygen atoms in total. The van der Waals surface area contributed by atoms with E-state index in [-0.39, 0.29) is 6.54 Å². The highest BCUT2D eigenvalue weighted by molar-refractivity contribution is 7.91. The summed E-state index contributed by atoms with van der Waals surface area (Å²) in [5.41, 5.74) is 1.69. The molecule has 35 heavy (non-hydrogen) atoms. The maximum Gasteiger partial charge on any atom is 0.360 e. The second-order valence-corrected chi connectivity index (χ2v) is 12.2. The van der Waals surface area contributed by atoms with E-state index in [0.29, 0.717) is 33.8 Å². The SMILES string of the molecule is O=C(N=[N+]=NCc1ccc(S(=O)(=O)N2CCC(CCc3ccccc3)CC2)s1)c1ccc(Cl)cc1. The number of halogens is 1. The van der Waals surface area contributed by atoms with Gasteiger partial charge in [0, 0.05) is 28.6 Å². The Morgan fingerprint density at radius 3 is 2.46 bits per heavy atom. The fraction of sp³-hybridized carbons (Fsp3) is 0.320. The van der Waals surface area contributed by atoms with Crippen LogP contribution in [-0.2, 0) is 23.0 Å². The molecule has 0 aliphatic carbocycles. The minimum Gasteiger partial charge on any atom is -0.259 e. The molecule has 1 aromatic heterocycles. The lowest BCUT2D eigenvalue weighted by atomic mass is 9.91. The van der Waals surface area contributed by atoms with Crippen molar-refractivity contribution < 1.29 is 13.2 Å². The van der Waals surface area contributed by atoms with Crippen LogP contribution in [0.25, 0.3) is 0 Å². The van der Waals surface area contributed by atoms with Crippen LogP contribution in [0.5, 0.6) is 0 Å². The zero-order valence-corrected chi connectivity index (χ0v) is 21.5. The predicted molar refractivity (Wildman–Crippen MR) is 137 cm³/mol. The number of piperidine rings is 1. The summed E-state index contributed by atoms with van der Waals surface area (Å²) >= 11 is 6.98. The summed E-state index contributed by atoms with van der Waals surface area (Å²) < 4.78 is 28.1. The first-order valence-corrected chi connectivity index (χ1v) is 14.1. The molecule has 2 aromatic carbocycles. The summed E-state index contributed by atoms with van der Waals surface area (Å²) in [4.78, 5) is 16.3. The van der Waals surface area contributed by atoms with Gasteiger partial charge in [0.05, 0.1) is 0 Å². The van der Waals surface area contributed by atoms with Crippen molar-refractivity contribution in [2.45, 2.75) is 36.4 Å². The predicted octanol–water partition coefficient (Wildman–Crippen LogP) is 5.75. The number of carbonyl (C=O) groups excluding carboxylic acids is 1. The van der Waals surface area contributed by atoms with Gasteiger partial charge in [0.25, 0.3) is 10.0 Å². The van der Waals surface area contributed by atoms with Crippen LogP contribution in [0.4, 0.5) is 0 Å². The zero-order chi connectivity index (χ0) is 24.7. The van der Waals surface area contributed by atoms with E-state index in [1.165, 1.54) is 16.9 Å². The molecular weight excluding hydrogens is 504 g/mol. The van der Waals surface area contributed by atoms with E-state index in [2.05, 4.69) is 39.4 Å². The molecule has 1 aliphatic heterocycles. The fourth-order valence-corrected chi connectivity index (χ4v) is 7.01. The average molecular weight is 530 g/mol. The Hall–Kier alpha value is -2.68. The molecule has 2 heterocycles. The minimum absolute atomic E-state index is 0.152.